The summed E-state index contributed by atoms with van der Waals surface area (Å²) >= 11 is 0. The van der Waals surface area contributed by atoms with Crippen molar-refractivity contribution >= 4 is 15.7 Å². The zero-order valence-electron chi connectivity index (χ0n) is 16.3. The molecule has 1 N–H and O–H groups in total. The van der Waals surface area contributed by atoms with Gasteiger partial charge in [0.2, 0.25) is 14.8 Å². The van der Waals surface area contributed by atoms with E-state index in [4.69, 9.17) is 0 Å². The van der Waals surface area contributed by atoms with Crippen LogP contribution >= 0.6 is 0 Å². The molecule has 0 aliphatic heterocycles. The maximum atomic E-state index is 15.4. The smallest absolute Gasteiger partial charge is 0.348 e. The number of amides is 1. The monoisotopic (exact) mass is 447 g/mol. The van der Waals surface area contributed by atoms with Crippen molar-refractivity contribution in [2.45, 2.75) is 54.7 Å². The lowest BCUT2D eigenvalue weighted by Crippen LogP contribution is -2.45. The normalized spacial score (nSPS) is 22.7. The number of nitrogens with one attached hydrogen (secondary N) is 1. The molecule has 0 atom stereocenters. The Bertz CT molecular complexity index is 1060. The van der Waals surface area contributed by atoms with E-state index in [0.29, 0.717) is 11.6 Å². The highest BCUT2D eigenvalue weighted by molar-refractivity contribution is 7.92. The maximum absolute atomic E-state index is 15.4. The Morgan fingerprint density at radius 1 is 1.23 bits per heavy atom. The molecule has 1 aromatic carbocycles. The van der Waals surface area contributed by atoms with Crippen LogP contribution in [0, 0.1) is 6.92 Å². The van der Waals surface area contributed by atoms with Crippen molar-refractivity contribution in [2.75, 3.05) is 0 Å². The van der Waals surface area contributed by atoms with E-state index in [-0.39, 0.29) is 36.3 Å². The fourth-order valence-electron chi connectivity index (χ4n) is 3.53. The highest BCUT2D eigenvalue weighted by atomic mass is 32.2. The third-order valence-corrected chi connectivity index (χ3v) is 7.50. The molecule has 1 aromatic heterocycles. The van der Waals surface area contributed by atoms with E-state index in [1.165, 1.54) is 19.2 Å². The van der Waals surface area contributed by atoms with Gasteiger partial charge in [0.1, 0.15) is 5.69 Å². The minimum atomic E-state index is -4.68. The van der Waals surface area contributed by atoms with Gasteiger partial charge in [0, 0.05) is 19.2 Å². The van der Waals surface area contributed by atoms with Gasteiger partial charge in [0.25, 0.3) is 5.91 Å². The summed E-state index contributed by atoms with van der Waals surface area (Å²) < 4.78 is 80.0. The number of carbonyl (C=O) groups excluding carboxylic acids is 1. The standard InChI is InChI=1S/C19H21F4N3O3S/c1-12-4-3-5-14(10-12)30(28,29)18(20)8-6-13(7-9-18)24-17(27)15-11-16(19(21,22)23)25-26(15)2/h3-5,10-11,13H,6-9H2,1-2H3,(H,24,27). The van der Waals surface area contributed by atoms with Crippen LogP contribution in [0.15, 0.2) is 35.2 Å². The number of hydrogen-bond acceptors (Lipinski definition) is 4. The number of halogens is 4. The first-order valence-corrected chi connectivity index (χ1v) is 10.7. The van der Waals surface area contributed by atoms with Crippen LogP contribution in [0.25, 0.3) is 0 Å². The molecule has 0 unspecified atom stereocenters. The fraction of sp³-hybridized carbons (Fsp3) is 0.474. The first kappa shape index (κ1) is 22.3. The van der Waals surface area contributed by atoms with Crippen LogP contribution in [0.1, 0.15) is 47.4 Å². The van der Waals surface area contributed by atoms with Gasteiger partial charge in [-0.05, 0) is 50.3 Å². The van der Waals surface area contributed by atoms with E-state index in [9.17, 15) is 26.4 Å². The molecule has 0 bridgehead atoms. The molecule has 2 aromatic rings. The lowest BCUT2D eigenvalue weighted by molar-refractivity contribution is -0.141. The Balaban J connectivity index is 1.68. The second-order valence-corrected chi connectivity index (χ2v) is 9.70. The highest BCUT2D eigenvalue weighted by Gasteiger charge is 2.48. The molecule has 1 heterocycles. The van der Waals surface area contributed by atoms with Gasteiger partial charge in [-0.2, -0.15) is 18.3 Å². The number of hydrogen-bond donors (Lipinski definition) is 1. The van der Waals surface area contributed by atoms with Gasteiger partial charge in [0.15, 0.2) is 5.69 Å². The topological polar surface area (TPSA) is 81.1 Å². The van der Waals surface area contributed by atoms with Crippen LogP contribution in [0.5, 0.6) is 0 Å². The summed E-state index contributed by atoms with van der Waals surface area (Å²) in [5.74, 6) is -0.779. The summed E-state index contributed by atoms with van der Waals surface area (Å²) in [6, 6.07) is 6.08. The zero-order chi connectivity index (χ0) is 22.3. The number of aryl methyl sites for hydroxylation is 2. The highest BCUT2D eigenvalue weighted by Crippen LogP contribution is 2.40. The fourth-order valence-corrected chi connectivity index (χ4v) is 5.33. The number of alkyl halides is 4. The van der Waals surface area contributed by atoms with Crippen molar-refractivity contribution in [1.29, 1.82) is 0 Å². The Morgan fingerprint density at radius 2 is 1.87 bits per heavy atom. The Kier molecular flexibility index (Phi) is 5.70. The second kappa shape index (κ2) is 7.68. The summed E-state index contributed by atoms with van der Waals surface area (Å²) in [7, 11) is -3.01. The van der Waals surface area contributed by atoms with Gasteiger partial charge in [0.05, 0.1) is 4.90 Å². The Morgan fingerprint density at radius 3 is 2.40 bits per heavy atom. The lowest BCUT2D eigenvalue weighted by atomic mass is 9.93. The summed E-state index contributed by atoms with van der Waals surface area (Å²) in [5.41, 5.74) is -0.785. The average Bonchev–Trinajstić information content (AvgIpc) is 3.06. The van der Waals surface area contributed by atoms with Gasteiger partial charge >= 0.3 is 6.18 Å². The number of nitrogens with zero attached hydrogens (tertiary/aromatic N) is 2. The predicted molar refractivity (Wildman–Crippen MR) is 100 cm³/mol. The zero-order valence-corrected chi connectivity index (χ0v) is 17.1. The number of benzene rings is 1. The molecule has 1 saturated carbocycles. The van der Waals surface area contributed by atoms with E-state index in [1.807, 2.05) is 0 Å². The SMILES string of the molecule is Cc1cccc(S(=O)(=O)C2(F)CCC(NC(=O)c3cc(C(F)(F)F)nn3C)CC2)c1. The molecule has 0 spiro atoms. The van der Waals surface area contributed by atoms with E-state index >= 15 is 4.39 Å². The average molecular weight is 447 g/mol. The Hall–Kier alpha value is -2.43. The minimum Gasteiger partial charge on any atom is -0.348 e. The first-order valence-electron chi connectivity index (χ1n) is 9.26. The molecule has 0 saturated heterocycles. The molecular formula is C19H21F4N3O3S. The van der Waals surface area contributed by atoms with Crippen LogP contribution in [0.3, 0.4) is 0 Å². The van der Waals surface area contributed by atoms with E-state index < -0.39 is 38.7 Å². The molecule has 11 heteroatoms. The largest absolute Gasteiger partial charge is 0.435 e. The van der Waals surface area contributed by atoms with Gasteiger partial charge in [-0.3, -0.25) is 9.48 Å². The quantitative estimate of drug-likeness (QED) is 0.727. The molecular weight excluding hydrogens is 426 g/mol. The molecule has 6 nitrogen and oxygen atoms in total. The van der Waals surface area contributed by atoms with Crippen molar-refractivity contribution in [3.05, 3.63) is 47.3 Å². The third kappa shape index (κ3) is 4.21. The lowest BCUT2D eigenvalue weighted by Gasteiger charge is -2.33. The van der Waals surface area contributed by atoms with Crippen LogP contribution in [-0.2, 0) is 23.1 Å². The summed E-state index contributed by atoms with van der Waals surface area (Å²) in [5, 5.41) is 3.37. The van der Waals surface area contributed by atoms with Gasteiger partial charge in [-0.1, -0.05) is 12.1 Å². The molecule has 1 amide bonds. The summed E-state index contributed by atoms with van der Waals surface area (Å²) in [4.78, 5) is 12.2. The number of rotatable bonds is 4. The van der Waals surface area contributed by atoms with Gasteiger partial charge in [-0.15, -0.1) is 0 Å². The summed E-state index contributed by atoms with van der Waals surface area (Å²) in [6.07, 6.45) is -5.26. The Labute approximate surface area is 171 Å². The van der Waals surface area contributed by atoms with Crippen LogP contribution in [0.4, 0.5) is 17.6 Å². The van der Waals surface area contributed by atoms with Crippen molar-refractivity contribution in [3.8, 4) is 0 Å². The number of carbonyl (C=O) groups is 1. The molecule has 30 heavy (non-hydrogen) atoms. The molecule has 1 aliphatic rings. The van der Waals surface area contributed by atoms with Gasteiger partial charge in [-0.25, -0.2) is 12.8 Å². The second-order valence-electron chi connectivity index (χ2n) is 7.49. The number of aromatic nitrogens is 2. The van der Waals surface area contributed by atoms with Gasteiger partial charge < -0.3 is 5.32 Å². The van der Waals surface area contributed by atoms with Crippen LogP contribution < -0.4 is 5.32 Å². The van der Waals surface area contributed by atoms with E-state index in [1.54, 1.807) is 19.1 Å². The van der Waals surface area contributed by atoms with Crippen molar-refractivity contribution in [2.24, 2.45) is 7.05 Å². The first-order chi connectivity index (χ1) is 13.8. The molecule has 3 rings (SSSR count). The minimum absolute atomic E-state index is 0.0390. The molecule has 1 aliphatic carbocycles. The van der Waals surface area contributed by atoms with Crippen LogP contribution in [-0.4, -0.2) is 35.1 Å². The van der Waals surface area contributed by atoms with E-state index in [2.05, 4.69) is 10.4 Å². The van der Waals surface area contributed by atoms with E-state index in [0.717, 1.165) is 4.68 Å². The molecule has 1 fully saturated rings. The molecule has 0 radical (unpaired) electrons. The number of sulfone groups is 1. The van der Waals surface area contributed by atoms with Crippen molar-refractivity contribution in [1.82, 2.24) is 15.1 Å². The van der Waals surface area contributed by atoms with Crippen molar-refractivity contribution in [3.63, 3.8) is 0 Å². The third-order valence-electron chi connectivity index (χ3n) is 5.25. The summed E-state index contributed by atoms with van der Waals surface area (Å²) in [6.45, 7) is 1.71. The molecule has 164 valence electrons. The predicted octanol–water partition coefficient (Wildman–Crippen LogP) is 3.56. The maximum Gasteiger partial charge on any atom is 0.435 e. The van der Waals surface area contributed by atoms with Crippen molar-refractivity contribution < 1.29 is 30.8 Å². The van der Waals surface area contributed by atoms with Crippen LogP contribution in [0.2, 0.25) is 0 Å².